The Balaban J connectivity index is 2.41. The number of carbonyl (C=O) groups excluding carboxylic acids is 3. The third kappa shape index (κ3) is 3.48. The number of hydrogen-bond donors (Lipinski definition) is 1. The molecule has 0 aliphatic carbocycles. The summed E-state index contributed by atoms with van der Waals surface area (Å²) in [6.45, 7) is 1.91. The molecule has 9 heteroatoms. The van der Waals surface area contributed by atoms with Crippen LogP contribution < -0.4 is 15.0 Å². The Morgan fingerprint density at radius 3 is 2.75 bits per heavy atom. The molecule has 0 spiro atoms. The van der Waals surface area contributed by atoms with Gasteiger partial charge in [-0.15, -0.1) is 0 Å². The normalized spacial score (nSPS) is 15.7. The summed E-state index contributed by atoms with van der Waals surface area (Å²) in [6.07, 6.45) is 1.84. The van der Waals surface area contributed by atoms with Crippen molar-refractivity contribution in [3.8, 4) is 5.75 Å². The average Bonchev–Trinajstić information content (AvgIpc) is 2.82. The van der Waals surface area contributed by atoms with Gasteiger partial charge in [0, 0.05) is 6.07 Å². The first-order valence-corrected chi connectivity index (χ1v) is 7.37. The minimum Gasteiger partial charge on any atom is -0.437 e. The van der Waals surface area contributed by atoms with Gasteiger partial charge in [0.1, 0.15) is 11.5 Å². The van der Waals surface area contributed by atoms with Gasteiger partial charge in [-0.05, 0) is 12.5 Å². The van der Waals surface area contributed by atoms with Crippen molar-refractivity contribution < 1.29 is 28.2 Å². The summed E-state index contributed by atoms with van der Waals surface area (Å²) < 4.78 is 23.3. The molecule has 0 saturated carbocycles. The third-order valence-corrected chi connectivity index (χ3v) is 3.41. The number of ether oxygens (including phenoxy) is 2. The lowest BCUT2D eigenvalue weighted by Gasteiger charge is -2.15. The number of rotatable bonds is 4. The lowest BCUT2D eigenvalue weighted by Crippen LogP contribution is -2.31. The number of imide groups is 1. The summed E-state index contributed by atoms with van der Waals surface area (Å²) in [4.78, 5) is 36.1. The first-order valence-electron chi connectivity index (χ1n) is 6.99. The highest BCUT2D eigenvalue weighted by atomic mass is 35.5. The molecule has 1 saturated heterocycles. The summed E-state index contributed by atoms with van der Waals surface area (Å²) in [6, 6.07) is 1.01. The first-order chi connectivity index (χ1) is 11.4. The van der Waals surface area contributed by atoms with E-state index in [4.69, 9.17) is 16.3 Å². The molecule has 7 nitrogen and oxygen atoms in total. The highest BCUT2D eigenvalue weighted by Crippen LogP contribution is 2.34. The molecule has 2 rings (SSSR count). The molecule has 1 heterocycles. The predicted molar refractivity (Wildman–Crippen MR) is 83.5 cm³/mol. The van der Waals surface area contributed by atoms with Gasteiger partial charge in [-0.2, -0.15) is 0 Å². The monoisotopic (exact) mass is 356 g/mol. The van der Waals surface area contributed by atoms with E-state index in [-0.39, 0.29) is 22.2 Å². The number of anilines is 1. The number of hydrogen-bond acceptors (Lipinski definition) is 5. The van der Waals surface area contributed by atoms with Crippen LogP contribution in [0.1, 0.15) is 19.8 Å². The van der Waals surface area contributed by atoms with E-state index >= 15 is 0 Å². The molecule has 0 atom stereocenters. The molecule has 1 aromatic rings. The van der Waals surface area contributed by atoms with Crippen LogP contribution in [0.15, 0.2) is 23.9 Å². The van der Waals surface area contributed by atoms with Gasteiger partial charge in [-0.25, -0.2) is 18.9 Å². The van der Waals surface area contributed by atoms with E-state index in [2.05, 4.69) is 10.1 Å². The Morgan fingerprint density at radius 2 is 2.12 bits per heavy atom. The first kappa shape index (κ1) is 17.7. The Bertz CT molecular complexity index is 735. The Kier molecular flexibility index (Phi) is 5.40. The number of halogens is 2. The zero-order valence-electron chi connectivity index (χ0n) is 12.9. The second-order valence-electron chi connectivity index (χ2n) is 4.77. The number of amides is 3. The van der Waals surface area contributed by atoms with Gasteiger partial charge in [0.05, 0.1) is 17.8 Å². The van der Waals surface area contributed by atoms with Crippen molar-refractivity contribution in [3.05, 3.63) is 34.7 Å². The van der Waals surface area contributed by atoms with E-state index in [9.17, 15) is 18.8 Å². The number of nitrogens with zero attached hydrogens (tertiary/aromatic N) is 1. The number of urea groups is 1. The molecule has 0 bridgehead atoms. The molecule has 128 valence electrons. The summed E-state index contributed by atoms with van der Waals surface area (Å²) >= 11 is 5.79. The van der Waals surface area contributed by atoms with Crippen LogP contribution in [0, 0.1) is 5.82 Å². The van der Waals surface area contributed by atoms with Gasteiger partial charge in [0.2, 0.25) is 0 Å². The van der Waals surface area contributed by atoms with E-state index in [0.29, 0.717) is 11.3 Å². The Hall–Kier alpha value is -2.61. The van der Waals surface area contributed by atoms with Gasteiger partial charge in [-0.1, -0.05) is 31.0 Å². The van der Waals surface area contributed by atoms with Gasteiger partial charge in [0.15, 0.2) is 5.75 Å². The summed E-state index contributed by atoms with van der Waals surface area (Å²) in [5, 5.41) is 2.15. The number of carbonyl (C=O) groups is 3. The molecule has 3 amide bonds. The van der Waals surface area contributed by atoms with Gasteiger partial charge >= 0.3 is 12.2 Å². The predicted octanol–water partition coefficient (Wildman–Crippen LogP) is 3.36. The number of methoxy groups -OCH3 is 1. The Labute approximate surface area is 142 Å². The second-order valence-corrected chi connectivity index (χ2v) is 5.17. The summed E-state index contributed by atoms with van der Waals surface area (Å²) in [5.74, 6) is -1.87. The number of benzene rings is 1. The molecule has 24 heavy (non-hydrogen) atoms. The summed E-state index contributed by atoms with van der Waals surface area (Å²) in [5.41, 5.74) is -0.327. The SMILES string of the molecule is CCCC=C1NC(=O)N(c2cc(OC(=O)OC)c(Cl)cc2F)C1=O. The molecular weight excluding hydrogens is 343 g/mol. The Morgan fingerprint density at radius 1 is 1.42 bits per heavy atom. The van der Waals surface area contributed by atoms with Crippen LogP contribution in [-0.2, 0) is 9.53 Å². The van der Waals surface area contributed by atoms with E-state index in [1.165, 1.54) is 0 Å². The van der Waals surface area contributed by atoms with E-state index in [1.807, 2.05) is 6.92 Å². The van der Waals surface area contributed by atoms with Crippen molar-refractivity contribution in [1.82, 2.24) is 5.32 Å². The summed E-state index contributed by atoms with van der Waals surface area (Å²) in [7, 11) is 1.09. The van der Waals surface area contributed by atoms with Crippen LogP contribution in [0.4, 0.5) is 19.7 Å². The molecule has 1 aromatic carbocycles. The topological polar surface area (TPSA) is 84.9 Å². The molecule has 0 aromatic heterocycles. The van der Waals surface area contributed by atoms with Crippen molar-refractivity contribution in [2.24, 2.45) is 0 Å². The number of allylic oxidation sites excluding steroid dienone is 1. The van der Waals surface area contributed by atoms with Gasteiger partial charge < -0.3 is 14.8 Å². The number of unbranched alkanes of at least 4 members (excludes halogenated alkanes) is 1. The van der Waals surface area contributed by atoms with Gasteiger partial charge in [0.25, 0.3) is 5.91 Å². The molecular formula is C15H14ClFN2O5. The smallest absolute Gasteiger partial charge is 0.437 e. The van der Waals surface area contributed by atoms with Crippen LogP contribution in [-0.4, -0.2) is 25.2 Å². The van der Waals surface area contributed by atoms with Crippen LogP contribution in [0.3, 0.4) is 0 Å². The standard InChI is InChI=1S/C15H14ClFN2O5/c1-3-4-5-10-13(20)19(14(21)18-10)11-7-12(24-15(22)23-2)8(16)6-9(11)17/h5-7H,3-4H2,1-2H3,(H,18,21). The minimum atomic E-state index is -1.07. The highest BCUT2D eigenvalue weighted by molar-refractivity contribution is 6.32. The average molecular weight is 357 g/mol. The molecule has 1 N–H and O–H groups in total. The second kappa shape index (κ2) is 7.31. The molecule has 0 radical (unpaired) electrons. The fourth-order valence-electron chi connectivity index (χ4n) is 1.98. The van der Waals surface area contributed by atoms with Gasteiger partial charge in [-0.3, -0.25) is 4.79 Å². The van der Waals surface area contributed by atoms with Crippen LogP contribution in [0.5, 0.6) is 5.75 Å². The largest absolute Gasteiger partial charge is 0.513 e. The fourth-order valence-corrected chi connectivity index (χ4v) is 2.17. The van der Waals surface area contributed by atoms with Crippen molar-refractivity contribution in [2.75, 3.05) is 12.0 Å². The lowest BCUT2D eigenvalue weighted by molar-refractivity contribution is -0.114. The van der Waals surface area contributed by atoms with E-state index in [0.717, 1.165) is 25.7 Å². The fraction of sp³-hybridized carbons (Fsp3) is 0.267. The minimum absolute atomic E-state index is 0.0617. The van der Waals surface area contributed by atoms with Crippen molar-refractivity contribution in [3.63, 3.8) is 0 Å². The van der Waals surface area contributed by atoms with Crippen LogP contribution >= 0.6 is 11.6 Å². The van der Waals surface area contributed by atoms with E-state index in [1.54, 1.807) is 6.08 Å². The molecule has 1 aliphatic rings. The maximum Gasteiger partial charge on any atom is 0.513 e. The highest BCUT2D eigenvalue weighted by Gasteiger charge is 2.36. The molecule has 1 fully saturated rings. The number of nitrogens with one attached hydrogen (secondary N) is 1. The maximum atomic E-state index is 14.2. The lowest BCUT2D eigenvalue weighted by atomic mass is 10.2. The van der Waals surface area contributed by atoms with E-state index < -0.39 is 23.9 Å². The van der Waals surface area contributed by atoms with Crippen molar-refractivity contribution in [1.29, 1.82) is 0 Å². The van der Waals surface area contributed by atoms with Crippen molar-refractivity contribution in [2.45, 2.75) is 19.8 Å². The zero-order valence-corrected chi connectivity index (χ0v) is 13.6. The molecule has 0 unspecified atom stereocenters. The molecule has 1 aliphatic heterocycles. The van der Waals surface area contributed by atoms with Crippen LogP contribution in [0.2, 0.25) is 5.02 Å². The third-order valence-electron chi connectivity index (χ3n) is 3.12. The van der Waals surface area contributed by atoms with Crippen molar-refractivity contribution >= 4 is 35.4 Å². The van der Waals surface area contributed by atoms with Crippen LogP contribution in [0.25, 0.3) is 0 Å². The zero-order chi connectivity index (χ0) is 17.9. The quantitative estimate of drug-likeness (QED) is 0.387. The maximum absolute atomic E-state index is 14.2.